The molecular formula is C26H28N2O3S. The van der Waals surface area contributed by atoms with E-state index in [1.807, 2.05) is 25.1 Å². The van der Waals surface area contributed by atoms with Crippen molar-refractivity contribution >= 4 is 21.6 Å². The average Bonchev–Trinajstić information content (AvgIpc) is 3.09. The lowest BCUT2D eigenvalue weighted by molar-refractivity contribution is 0.354. The molecule has 0 saturated carbocycles. The van der Waals surface area contributed by atoms with Crippen LogP contribution in [0.3, 0.4) is 0 Å². The summed E-state index contributed by atoms with van der Waals surface area (Å²) in [4.78, 5) is 22.7. The van der Waals surface area contributed by atoms with E-state index in [4.69, 9.17) is 14.5 Å². The first-order valence-corrected chi connectivity index (χ1v) is 11.4. The van der Waals surface area contributed by atoms with Crippen LogP contribution in [0.25, 0.3) is 21.3 Å². The minimum atomic E-state index is -0.107. The van der Waals surface area contributed by atoms with Crippen LogP contribution in [0.5, 0.6) is 11.5 Å². The molecule has 0 atom stereocenters. The second-order valence-corrected chi connectivity index (χ2v) is 10.1. The van der Waals surface area contributed by atoms with Gasteiger partial charge < -0.3 is 14.5 Å². The molecule has 2 aromatic carbocycles. The van der Waals surface area contributed by atoms with Gasteiger partial charge in [-0.05, 0) is 41.2 Å². The Bertz CT molecular complexity index is 1330. The smallest absolute Gasteiger partial charge is 0.260 e. The molecule has 0 fully saturated rings. The van der Waals surface area contributed by atoms with Crippen molar-refractivity contribution in [3.05, 3.63) is 74.6 Å². The summed E-state index contributed by atoms with van der Waals surface area (Å²) in [5.74, 6) is 1.95. The zero-order chi connectivity index (χ0) is 23.0. The fraction of sp³-hybridized carbons (Fsp3) is 0.308. The summed E-state index contributed by atoms with van der Waals surface area (Å²) in [6, 6.07) is 14.2. The number of H-pyrrole nitrogens is 1. The van der Waals surface area contributed by atoms with Crippen LogP contribution >= 0.6 is 11.3 Å². The summed E-state index contributed by atoms with van der Waals surface area (Å²) < 4.78 is 10.7. The number of methoxy groups -OCH3 is 2. The van der Waals surface area contributed by atoms with Gasteiger partial charge in [0.1, 0.15) is 10.7 Å². The Morgan fingerprint density at radius 3 is 2.31 bits per heavy atom. The number of ether oxygens (including phenoxy) is 2. The van der Waals surface area contributed by atoms with Crippen molar-refractivity contribution < 1.29 is 9.47 Å². The molecule has 1 N–H and O–H groups in total. The Balaban J connectivity index is 1.73. The number of fused-ring (bicyclic) bond motifs is 1. The van der Waals surface area contributed by atoms with Gasteiger partial charge in [-0.1, -0.05) is 51.1 Å². The minimum Gasteiger partial charge on any atom is -0.493 e. The van der Waals surface area contributed by atoms with Gasteiger partial charge in [0, 0.05) is 16.9 Å². The summed E-state index contributed by atoms with van der Waals surface area (Å²) in [6.07, 6.45) is 0.498. The Hall–Kier alpha value is -3.12. The number of hydrogen-bond acceptors (Lipinski definition) is 5. The molecule has 0 radical (unpaired) electrons. The van der Waals surface area contributed by atoms with E-state index in [1.165, 1.54) is 5.56 Å². The van der Waals surface area contributed by atoms with E-state index in [0.29, 0.717) is 29.1 Å². The lowest BCUT2D eigenvalue weighted by Crippen LogP contribution is -2.12. The van der Waals surface area contributed by atoms with Gasteiger partial charge in [-0.3, -0.25) is 4.79 Å². The van der Waals surface area contributed by atoms with Gasteiger partial charge in [0.2, 0.25) is 0 Å². The Morgan fingerprint density at radius 2 is 1.69 bits per heavy atom. The molecule has 4 rings (SSSR count). The standard InChI is InChI=1S/C26H28N2O3S/c1-15-22(17-8-10-18(11-9-17)26(2,3)4)23-24(29)27-21(28-25(23)32-15)14-16-7-12-19(30-5)20(13-16)31-6/h7-13H,14H2,1-6H3,(H,27,28,29). The van der Waals surface area contributed by atoms with Crippen LogP contribution in [0.15, 0.2) is 47.3 Å². The summed E-state index contributed by atoms with van der Waals surface area (Å²) in [6.45, 7) is 8.64. The van der Waals surface area contributed by atoms with E-state index in [0.717, 1.165) is 26.4 Å². The first-order valence-electron chi connectivity index (χ1n) is 10.6. The van der Waals surface area contributed by atoms with Crippen molar-refractivity contribution in [1.29, 1.82) is 0 Å². The number of aromatic nitrogens is 2. The van der Waals surface area contributed by atoms with Gasteiger partial charge in [-0.2, -0.15) is 0 Å². The molecule has 0 unspecified atom stereocenters. The van der Waals surface area contributed by atoms with Crippen molar-refractivity contribution in [2.45, 2.75) is 39.5 Å². The molecule has 166 valence electrons. The third-order valence-electron chi connectivity index (χ3n) is 5.65. The van der Waals surface area contributed by atoms with Crippen LogP contribution < -0.4 is 15.0 Å². The van der Waals surface area contributed by atoms with Crippen LogP contribution in [-0.2, 0) is 11.8 Å². The second-order valence-electron chi connectivity index (χ2n) is 8.92. The highest BCUT2D eigenvalue weighted by Gasteiger charge is 2.19. The molecule has 2 aromatic heterocycles. The molecule has 0 bridgehead atoms. The topological polar surface area (TPSA) is 64.2 Å². The van der Waals surface area contributed by atoms with E-state index < -0.39 is 0 Å². The fourth-order valence-corrected chi connectivity index (χ4v) is 4.98. The number of rotatable bonds is 5. The van der Waals surface area contributed by atoms with E-state index in [2.05, 4.69) is 50.0 Å². The highest BCUT2D eigenvalue weighted by molar-refractivity contribution is 7.19. The first-order chi connectivity index (χ1) is 15.2. The van der Waals surface area contributed by atoms with Crippen LogP contribution in [0.4, 0.5) is 0 Å². The van der Waals surface area contributed by atoms with Gasteiger partial charge >= 0.3 is 0 Å². The molecule has 6 heteroatoms. The SMILES string of the molecule is COc1ccc(Cc2nc3sc(C)c(-c4ccc(C(C)(C)C)cc4)c3c(=O)[nH]2)cc1OC. The van der Waals surface area contributed by atoms with Crippen molar-refractivity contribution in [3.63, 3.8) is 0 Å². The third kappa shape index (κ3) is 4.15. The highest BCUT2D eigenvalue weighted by atomic mass is 32.1. The Labute approximate surface area is 192 Å². The highest BCUT2D eigenvalue weighted by Crippen LogP contribution is 2.36. The van der Waals surface area contributed by atoms with Crippen molar-refractivity contribution in [2.24, 2.45) is 0 Å². The molecule has 2 heterocycles. The summed E-state index contributed by atoms with van der Waals surface area (Å²) >= 11 is 1.56. The summed E-state index contributed by atoms with van der Waals surface area (Å²) in [5, 5.41) is 0.659. The van der Waals surface area contributed by atoms with Crippen molar-refractivity contribution in [3.8, 4) is 22.6 Å². The maximum Gasteiger partial charge on any atom is 0.260 e. The lowest BCUT2D eigenvalue weighted by Gasteiger charge is -2.19. The van der Waals surface area contributed by atoms with E-state index in [-0.39, 0.29) is 11.0 Å². The first kappa shape index (κ1) is 22.1. The average molecular weight is 449 g/mol. The molecule has 0 spiro atoms. The zero-order valence-electron chi connectivity index (χ0n) is 19.3. The molecule has 0 aliphatic heterocycles. The molecule has 0 aliphatic carbocycles. The number of aromatic amines is 1. The molecule has 0 amide bonds. The summed E-state index contributed by atoms with van der Waals surface area (Å²) in [7, 11) is 3.22. The second kappa shape index (κ2) is 8.43. The molecule has 4 aromatic rings. The third-order valence-corrected chi connectivity index (χ3v) is 6.65. The molecular weight excluding hydrogens is 420 g/mol. The quantitative estimate of drug-likeness (QED) is 0.415. The van der Waals surface area contributed by atoms with Crippen LogP contribution in [0, 0.1) is 6.92 Å². The minimum absolute atomic E-state index is 0.0857. The number of nitrogens with zero attached hydrogens (tertiary/aromatic N) is 1. The normalized spacial score (nSPS) is 11.7. The van der Waals surface area contributed by atoms with Crippen LogP contribution in [-0.4, -0.2) is 24.2 Å². The maximum absolute atomic E-state index is 13.1. The molecule has 32 heavy (non-hydrogen) atoms. The van der Waals surface area contributed by atoms with E-state index in [1.54, 1.807) is 25.6 Å². The predicted molar refractivity (Wildman–Crippen MR) is 131 cm³/mol. The van der Waals surface area contributed by atoms with Crippen LogP contribution in [0.2, 0.25) is 0 Å². The summed E-state index contributed by atoms with van der Waals surface area (Å²) in [5.41, 5.74) is 4.24. The molecule has 0 saturated heterocycles. The predicted octanol–water partition coefficient (Wildman–Crippen LogP) is 5.87. The number of benzene rings is 2. The number of hydrogen-bond donors (Lipinski definition) is 1. The maximum atomic E-state index is 13.1. The van der Waals surface area contributed by atoms with Crippen LogP contribution in [0.1, 0.15) is 42.6 Å². The van der Waals surface area contributed by atoms with Crippen molar-refractivity contribution in [1.82, 2.24) is 9.97 Å². The zero-order valence-corrected chi connectivity index (χ0v) is 20.1. The number of aryl methyl sites for hydroxylation is 1. The molecule has 0 aliphatic rings. The monoisotopic (exact) mass is 448 g/mol. The van der Waals surface area contributed by atoms with E-state index in [9.17, 15) is 4.79 Å². The van der Waals surface area contributed by atoms with Crippen molar-refractivity contribution in [2.75, 3.05) is 14.2 Å². The largest absolute Gasteiger partial charge is 0.493 e. The Kier molecular flexibility index (Phi) is 5.82. The van der Waals surface area contributed by atoms with Gasteiger partial charge in [-0.25, -0.2) is 4.98 Å². The number of thiophene rings is 1. The lowest BCUT2D eigenvalue weighted by atomic mass is 9.86. The van der Waals surface area contributed by atoms with Gasteiger partial charge in [0.05, 0.1) is 19.6 Å². The van der Waals surface area contributed by atoms with Gasteiger partial charge in [-0.15, -0.1) is 11.3 Å². The Morgan fingerprint density at radius 1 is 1.00 bits per heavy atom. The number of nitrogens with one attached hydrogen (secondary N) is 1. The van der Waals surface area contributed by atoms with Gasteiger partial charge in [0.25, 0.3) is 5.56 Å². The van der Waals surface area contributed by atoms with Gasteiger partial charge in [0.15, 0.2) is 11.5 Å². The molecule has 5 nitrogen and oxygen atoms in total. The van der Waals surface area contributed by atoms with E-state index >= 15 is 0 Å². The fourth-order valence-electron chi connectivity index (χ4n) is 3.92.